The second kappa shape index (κ2) is 4.86. The van der Waals surface area contributed by atoms with Crippen molar-refractivity contribution < 1.29 is 5.11 Å². The lowest BCUT2D eigenvalue weighted by Gasteiger charge is -2.26. The van der Waals surface area contributed by atoms with Crippen molar-refractivity contribution in [2.45, 2.75) is 46.0 Å². The summed E-state index contributed by atoms with van der Waals surface area (Å²) in [6, 6.07) is 0. The summed E-state index contributed by atoms with van der Waals surface area (Å²) in [5, 5.41) is 9.20. The van der Waals surface area contributed by atoms with Crippen molar-refractivity contribution in [1.82, 2.24) is 0 Å². The van der Waals surface area contributed by atoms with Crippen LogP contribution in [0.2, 0.25) is 0 Å². The van der Waals surface area contributed by atoms with Crippen molar-refractivity contribution >= 4 is 0 Å². The minimum Gasteiger partial charge on any atom is -0.396 e. The Balaban J connectivity index is 2.53. The molecule has 3 atom stereocenters. The third-order valence-electron chi connectivity index (χ3n) is 3.65. The zero-order valence-corrected chi connectivity index (χ0v) is 8.42. The van der Waals surface area contributed by atoms with Crippen LogP contribution in [0.4, 0.5) is 0 Å². The maximum absolute atomic E-state index is 9.20. The molecule has 0 spiro atoms. The second-order valence-corrected chi connectivity index (χ2v) is 4.25. The summed E-state index contributed by atoms with van der Waals surface area (Å²) >= 11 is 0. The summed E-state index contributed by atoms with van der Waals surface area (Å²) in [7, 11) is 0. The first kappa shape index (κ1) is 10.0. The van der Waals surface area contributed by atoms with E-state index >= 15 is 0 Å². The number of rotatable bonds is 2. The summed E-state index contributed by atoms with van der Waals surface area (Å²) in [6.07, 6.45) is 6.62. The van der Waals surface area contributed by atoms with Crippen molar-refractivity contribution in [2.24, 2.45) is 17.8 Å². The minimum atomic E-state index is 0.400. The predicted octanol–water partition coefficient (Wildman–Crippen LogP) is 2.83. The van der Waals surface area contributed by atoms with Crippen molar-refractivity contribution in [3.8, 4) is 0 Å². The van der Waals surface area contributed by atoms with Gasteiger partial charge in [0.1, 0.15) is 0 Å². The van der Waals surface area contributed by atoms with Crippen LogP contribution in [0.3, 0.4) is 0 Å². The molecule has 1 aliphatic rings. The van der Waals surface area contributed by atoms with Gasteiger partial charge in [0.2, 0.25) is 0 Å². The van der Waals surface area contributed by atoms with E-state index < -0.39 is 0 Å². The lowest BCUT2D eigenvalue weighted by Crippen LogP contribution is -2.21. The Hall–Kier alpha value is -0.0400. The Labute approximate surface area is 76.2 Å². The van der Waals surface area contributed by atoms with Gasteiger partial charge in [-0.25, -0.2) is 0 Å². The molecule has 1 N–H and O–H groups in total. The normalized spacial score (nSPS) is 37.8. The lowest BCUT2D eigenvalue weighted by molar-refractivity contribution is 0.145. The average Bonchev–Trinajstić information content (AvgIpc) is 2.27. The maximum atomic E-state index is 9.20. The number of hydrogen-bond acceptors (Lipinski definition) is 1. The first-order chi connectivity index (χ1) is 5.79. The number of hydrogen-bond donors (Lipinski definition) is 1. The summed E-state index contributed by atoms with van der Waals surface area (Å²) < 4.78 is 0. The molecule has 0 aromatic heterocycles. The van der Waals surface area contributed by atoms with E-state index in [1.807, 2.05) is 0 Å². The predicted molar refractivity (Wildman–Crippen MR) is 52.0 cm³/mol. The number of aliphatic hydroxyl groups excluding tert-OH is 1. The topological polar surface area (TPSA) is 20.2 Å². The van der Waals surface area contributed by atoms with E-state index in [1.165, 1.54) is 32.1 Å². The molecule has 0 amide bonds. The standard InChI is InChI=1S/C11H22O/c1-3-10-6-4-5-7-11(8-12)9(10)2/h9-12H,3-8H2,1-2H3. The van der Waals surface area contributed by atoms with Gasteiger partial charge in [-0.15, -0.1) is 0 Å². The summed E-state index contributed by atoms with van der Waals surface area (Å²) in [4.78, 5) is 0. The molecule has 1 nitrogen and oxygen atoms in total. The van der Waals surface area contributed by atoms with Gasteiger partial charge in [-0.05, 0) is 24.2 Å². The monoisotopic (exact) mass is 170 g/mol. The van der Waals surface area contributed by atoms with Gasteiger partial charge in [0.05, 0.1) is 0 Å². The zero-order chi connectivity index (χ0) is 8.97. The molecule has 1 rings (SSSR count). The average molecular weight is 170 g/mol. The van der Waals surface area contributed by atoms with Gasteiger partial charge < -0.3 is 5.11 Å². The molecule has 0 aromatic rings. The molecule has 12 heavy (non-hydrogen) atoms. The molecule has 0 heterocycles. The van der Waals surface area contributed by atoms with Crippen LogP contribution < -0.4 is 0 Å². The third kappa shape index (κ3) is 2.22. The van der Waals surface area contributed by atoms with Crippen molar-refractivity contribution in [3.05, 3.63) is 0 Å². The molecule has 72 valence electrons. The molecule has 1 fully saturated rings. The van der Waals surface area contributed by atoms with Crippen LogP contribution in [0.15, 0.2) is 0 Å². The van der Waals surface area contributed by atoms with Crippen LogP contribution >= 0.6 is 0 Å². The molecule has 1 saturated carbocycles. The molecule has 0 aliphatic heterocycles. The van der Waals surface area contributed by atoms with Crippen LogP contribution in [-0.4, -0.2) is 11.7 Å². The largest absolute Gasteiger partial charge is 0.396 e. The fourth-order valence-corrected chi connectivity index (χ4v) is 2.56. The smallest absolute Gasteiger partial charge is 0.0461 e. The quantitative estimate of drug-likeness (QED) is 0.632. The van der Waals surface area contributed by atoms with Crippen molar-refractivity contribution in [1.29, 1.82) is 0 Å². The fraction of sp³-hybridized carbons (Fsp3) is 1.00. The molecule has 1 heteroatoms. The first-order valence-corrected chi connectivity index (χ1v) is 5.40. The molecule has 0 aromatic carbocycles. The van der Waals surface area contributed by atoms with Crippen LogP contribution in [-0.2, 0) is 0 Å². The molecule has 0 radical (unpaired) electrons. The van der Waals surface area contributed by atoms with Gasteiger partial charge in [-0.2, -0.15) is 0 Å². The summed E-state index contributed by atoms with van der Waals surface area (Å²) in [5.41, 5.74) is 0. The Morgan fingerprint density at radius 2 is 1.75 bits per heavy atom. The SMILES string of the molecule is CCC1CCCCC(CO)C1C. The fourth-order valence-electron chi connectivity index (χ4n) is 2.56. The van der Waals surface area contributed by atoms with Gasteiger partial charge in [0.15, 0.2) is 0 Å². The van der Waals surface area contributed by atoms with Gasteiger partial charge in [0.25, 0.3) is 0 Å². The van der Waals surface area contributed by atoms with Crippen molar-refractivity contribution in [3.63, 3.8) is 0 Å². The first-order valence-electron chi connectivity index (χ1n) is 5.40. The summed E-state index contributed by atoms with van der Waals surface area (Å²) in [6.45, 7) is 5.00. The Bertz CT molecular complexity index is 108. The lowest BCUT2D eigenvalue weighted by atomic mass is 9.81. The van der Waals surface area contributed by atoms with E-state index in [4.69, 9.17) is 0 Å². The molecule has 0 saturated heterocycles. The molecule has 0 bridgehead atoms. The van der Waals surface area contributed by atoms with E-state index in [2.05, 4.69) is 13.8 Å². The molecular formula is C11H22O. The summed E-state index contributed by atoms with van der Waals surface area (Å²) in [5.74, 6) is 2.18. The highest BCUT2D eigenvalue weighted by atomic mass is 16.3. The highest BCUT2D eigenvalue weighted by Crippen LogP contribution is 2.34. The van der Waals surface area contributed by atoms with Gasteiger partial charge >= 0.3 is 0 Å². The van der Waals surface area contributed by atoms with Gasteiger partial charge in [-0.1, -0.05) is 39.5 Å². The van der Waals surface area contributed by atoms with E-state index in [0.717, 1.165) is 11.8 Å². The van der Waals surface area contributed by atoms with Crippen molar-refractivity contribution in [2.75, 3.05) is 6.61 Å². The van der Waals surface area contributed by atoms with Crippen LogP contribution in [0, 0.1) is 17.8 Å². The van der Waals surface area contributed by atoms with Crippen LogP contribution in [0.1, 0.15) is 46.0 Å². The van der Waals surface area contributed by atoms with Crippen LogP contribution in [0.5, 0.6) is 0 Å². The van der Waals surface area contributed by atoms with E-state index in [1.54, 1.807) is 0 Å². The van der Waals surface area contributed by atoms with E-state index in [-0.39, 0.29) is 0 Å². The van der Waals surface area contributed by atoms with E-state index in [0.29, 0.717) is 12.5 Å². The zero-order valence-electron chi connectivity index (χ0n) is 8.42. The Morgan fingerprint density at radius 1 is 1.17 bits per heavy atom. The van der Waals surface area contributed by atoms with Gasteiger partial charge in [0, 0.05) is 6.61 Å². The third-order valence-corrected chi connectivity index (χ3v) is 3.65. The van der Waals surface area contributed by atoms with E-state index in [9.17, 15) is 5.11 Å². The maximum Gasteiger partial charge on any atom is 0.0461 e. The van der Waals surface area contributed by atoms with Gasteiger partial charge in [-0.3, -0.25) is 0 Å². The molecule has 1 aliphatic carbocycles. The molecule has 3 unspecified atom stereocenters. The van der Waals surface area contributed by atoms with Crippen LogP contribution in [0.25, 0.3) is 0 Å². The Morgan fingerprint density at radius 3 is 2.25 bits per heavy atom. The number of aliphatic hydroxyl groups is 1. The second-order valence-electron chi connectivity index (χ2n) is 4.25. The minimum absolute atomic E-state index is 0.400. The molecular weight excluding hydrogens is 148 g/mol. The Kier molecular flexibility index (Phi) is 4.07. The highest BCUT2D eigenvalue weighted by Gasteiger charge is 2.26. The highest BCUT2D eigenvalue weighted by molar-refractivity contribution is 4.76.